The average Bonchev–Trinajstić information content (AvgIpc) is 2.13. The average molecular weight is 185 g/mol. The molecule has 13 heavy (non-hydrogen) atoms. The largest absolute Gasteiger partial charge is 0.346 e. The van der Waals surface area contributed by atoms with Crippen LogP contribution in [0.1, 0.15) is 0 Å². The van der Waals surface area contributed by atoms with Gasteiger partial charge in [0, 0.05) is 13.6 Å². The number of nitrogens with zero attached hydrogens (tertiary/aromatic N) is 1. The van der Waals surface area contributed by atoms with Crippen LogP contribution in [0.25, 0.3) is 0 Å². The lowest BCUT2D eigenvalue weighted by Crippen LogP contribution is -2.40. The number of likely N-dealkylation sites (N-methyl/N-ethyl adjacent to an activating group) is 1. The molecule has 0 aromatic carbocycles. The van der Waals surface area contributed by atoms with Crippen molar-refractivity contribution in [2.45, 2.75) is 0 Å². The number of nitrogens with two attached hydrogens (primary N) is 1. The van der Waals surface area contributed by atoms with Crippen LogP contribution in [0.4, 0.5) is 0 Å². The van der Waals surface area contributed by atoms with E-state index in [9.17, 15) is 9.59 Å². The Morgan fingerprint density at radius 3 is 2.69 bits per heavy atom. The first kappa shape index (κ1) is 11.6. The van der Waals surface area contributed by atoms with Crippen LogP contribution < -0.4 is 11.1 Å². The second kappa shape index (κ2) is 6.19. The van der Waals surface area contributed by atoms with Gasteiger partial charge in [0.2, 0.25) is 11.8 Å². The summed E-state index contributed by atoms with van der Waals surface area (Å²) in [5.74, 6) is -0.498. The molecule has 0 aliphatic carbocycles. The fourth-order valence-electron chi connectivity index (χ4n) is 0.677. The summed E-state index contributed by atoms with van der Waals surface area (Å²) in [5.41, 5.74) is 5.04. The van der Waals surface area contributed by atoms with Crippen LogP contribution in [0.15, 0.2) is 12.7 Å². The molecule has 0 aliphatic rings. The Balaban J connectivity index is 3.73. The van der Waals surface area contributed by atoms with Crippen molar-refractivity contribution in [3.05, 3.63) is 12.7 Å². The summed E-state index contributed by atoms with van der Waals surface area (Å²) in [6.07, 6.45) is 1.61. The van der Waals surface area contributed by atoms with Crippen molar-refractivity contribution in [1.29, 1.82) is 0 Å². The van der Waals surface area contributed by atoms with Gasteiger partial charge in [-0.3, -0.25) is 9.59 Å². The lowest BCUT2D eigenvalue weighted by molar-refractivity contribution is -0.131. The molecule has 74 valence electrons. The van der Waals surface area contributed by atoms with Crippen LogP contribution in [0.2, 0.25) is 0 Å². The molecular weight excluding hydrogens is 170 g/mol. The first-order valence-corrected chi connectivity index (χ1v) is 3.93. The van der Waals surface area contributed by atoms with Crippen LogP contribution in [-0.2, 0) is 9.59 Å². The number of hydrogen-bond donors (Lipinski definition) is 2. The van der Waals surface area contributed by atoms with E-state index in [0.717, 1.165) is 0 Å². The summed E-state index contributed by atoms with van der Waals surface area (Å²) in [7, 11) is 1.64. The topological polar surface area (TPSA) is 75.4 Å². The first-order valence-electron chi connectivity index (χ1n) is 3.93. The highest BCUT2D eigenvalue weighted by Gasteiger charge is 2.07. The molecule has 0 aromatic heterocycles. The number of carbonyl (C=O) groups excluding carboxylic acids is 2. The van der Waals surface area contributed by atoms with E-state index in [1.165, 1.54) is 4.90 Å². The SMILES string of the molecule is C=CCN(C)C(=O)CNC(=O)CN. The minimum absolute atomic E-state index is 0.0135. The fraction of sp³-hybridized carbons (Fsp3) is 0.500. The summed E-state index contributed by atoms with van der Waals surface area (Å²) in [4.78, 5) is 23.3. The molecule has 0 saturated carbocycles. The fourth-order valence-corrected chi connectivity index (χ4v) is 0.677. The highest BCUT2D eigenvalue weighted by atomic mass is 16.2. The maximum atomic E-state index is 11.2. The number of carbonyl (C=O) groups is 2. The van der Waals surface area contributed by atoms with E-state index in [-0.39, 0.29) is 24.9 Å². The van der Waals surface area contributed by atoms with Gasteiger partial charge in [-0.25, -0.2) is 0 Å². The van der Waals surface area contributed by atoms with Crippen molar-refractivity contribution in [3.63, 3.8) is 0 Å². The first-order chi connectivity index (χ1) is 6.11. The second-order valence-corrected chi connectivity index (χ2v) is 2.54. The van der Waals surface area contributed by atoms with Gasteiger partial charge in [0.05, 0.1) is 13.1 Å². The quantitative estimate of drug-likeness (QED) is 0.523. The van der Waals surface area contributed by atoms with Crippen LogP contribution in [0, 0.1) is 0 Å². The molecule has 2 amide bonds. The summed E-state index contributed by atoms with van der Waals surface area (Å²) < 4.78 is 0. The molecular formula is C8H15N3O2. The molecule has 5 nitrogen and oxygen atoms in total. The predicted octanol–water partition coefficient (Wildman–Crippen LogP) is -1.29. The Morgan fingerprint density at radius 1 is 1.62 bits per heavy atom. The minimum atomic E-state index is -0.333. The zero-order valence-electron chi connectivity index (χ0n) is 7.75. The van der Waals surface area contributed by atoms with Crippen molar-refractivity contribution in [1.82, 2.24) is 10.2 Å². The monoisotopic (exact) mass is 185 g/mol. The van der Waals surface area contributed by atoms with Crippen molar-refractivity contribution < 1.29 is 9.59 Å². The lowest BCUT2D eigenvalue weighted by Gasteiger charge is -2.14. The van der Waals surface area contributed by atoms with Gasteiger partial charge in [0.1, 0.15) is 0 Å². The van der Waals surface area contributed by atoms with Crippen molar-refractivity contribution in [2.24, 2.45) is 5.73 Å². The molecule has 0 aromatic rings. The Bertz CT molecular complexity index is 204. The summed E-state index contributed by atoms with van der Waals surface area (Å²) in [6.45, 7) is 3.85. The minimum Gasteiger partial charge on any atom is -0.346 e. The van der Waals surface area contributed by atoms with Gasteiger partial charge in [-0.05, 0) is 0 Å². The third kappa shape index (κ3) is 4.97. The van der Waals surface area contributed by atoms with Crippen LogP contribution >= 0.6 is 0 Å². The number of rotatable bonds is 5. The van der Waals surface area contributed by atoms with Crippen LogP contribution in [-0.4, -0.2) is 43.4 Å². The third-order valence-electron chi connectivity index (χ3n) is 1.45. The van der Waals surface area contributed by atoms with E-state index < -0.39 is 0 Å². The normalized spacial score (nSPS) is 9.08. The van der Waals surface area contributed by atoms with E-state index in [0.29, 0.717) is 6.54 Å². The molecule has 0 spiro atoms. The van der Waals surface area contributed by atoms with E-state index in [1.807, 2.05) is 0 Å². The van der Waals surface area contributed by atoms with E-state index in [4.69, 9.17) is 5.73 Å². The molecule has 5 heteroatoms. The summed E-state index contributed by atoms with van der Waals surface area (Å²) in [5, 5.41) is 2.38. The van der Waals surface area contributed by atoms with Gasteiger partial charge in [-0.2, -0.15) is 0 Å². The lowest BCUT2D eigenvalue weighted by atomic mass is 10.4. The number of hydrogen-bond acceptors (Lipinski definition) is 3. The molecule has 0 fully saturated rings. The molecule has 0 unspecified atom stereocenters. The smallest absolute Gasteiger partial charge is 0.241 e. The molecule has 0 bridgehead atoms. The third-order valence-corrected chi connectivity index (χ3v) is 1.45. The van der Waals surface area contributed by atoms with Crippen molar-refractivity contribution in [2.75, 3.05) is 26.7 Å². The van der Waals surface area contributed by atoms with Gasteiger partial charge in [-0.1, -0.05) is 6.08 Å². The highest BCUT2D eigenvalue weighted by Crippen LogP contribution is 1.83. The Hall–Kier alpha value is -1.36. The van der Waals surface area contributed by atoms with Crippen LogP contribution in [0.3, 0.4) is 0 Å². The maximum absolute atomic E-state index is 11.2. The standard InChI is InChI=1S/C8H15N3O2/c1-3-4-11(2)8(13)6-10-7(12)5-9/h3H,1,4-6,9H2,2H3,(H,10,12). The number of amides is 2. The highest BCUT2D eigenvalue weighted by molar-refractivity contribution is 5.85. The van der Waals surface area contributed by atoms with Gasteiger partial charge in [0.15, 0.2) is 0 Å². The van der Waals surface area contributed by atoms with E-state index in [1.54, 1.807) is 13.1 Å². The predicted molar refractivity (Wildman–Crippen MR) is 49.9 cm³/mol. The zero-order valence-corrected chi connectivity index (χ0v) is 7.75. The summed E-state index contributed by atoms with van der Waals surface area (Å²) in [6, 6.07) is 0. The molecule has 0 rings (SSSR count). The maximum Gasteiger partial charge on any atom is 0.241 e. The molecule has 0 atom stereocenters. The van der Waals surface area contributed by atoms with Crippen molar-refractivity contribution >= 4 is 11.8 Å². The van der Waals surface area contributed by atoms with Gasteiger partial charge in [-0.15, -0.1) is 6.58 Å². The Labute approximate surface area is 77.6 Å². The molecule has 3 N–H and O–H groups in total. The Kier molecular flexibility index (Phi) is 5.54. The molecule has 0 aliphatic heterocycles. The molecule has 0 saturated heterocycles. The number of nitrogens with one attached hydrogen (secondary N) is 1. The zero-order chi connectivity index (χ0) is 10.3. The van der Waals surface area contributed by atoms with E-state index >= 15 is 0 Å². The van der Waals surface area contributed by atoms with E-state index in [2.05, 4.69) is 11.9 Å². The van der Waals surface area contributed by atoms with Crippen LogP contribution in [0.5, 0.6) is 0 Å². The molecule has 0 heterocycles. The van der Waals surface area contributed by atoms with Gasteiger partial charge in [0.25, 0.3) is 0 Å². The summed E-state index contributed by atoms with van der Waals surface area (Å²) >= 11 is 0. The Morgan fingerprint density at radius 2 is 2.23 bits per heavy atom. The van der Waals surface area contributed by atoms with Crippen molar-refractivity contribution in [3.8, 4) is 0 Å². The second-order valence-electron chi connectivity index (χ2n) is 2.54. The van der Waals surface area contributed by atoms with Gasteiger partial charge < -0.3 is 16.0 Å². The molecule has 0 radical (unpaired) electrons. The van der Waals surface area contributed by atoms with Gasteiger partial charge >= 0.3 is 0 Å².